The normalized spacial score (nSPS) is 23.6. The summed E-state index contributed by atoms with van der Waals surface area (Å²) in [7, 11) is -9.46. The van der Waals surface area contributed by atoms with Crippen molar-refractivity contribution >= 4 is 89.8 Å². The van der Waals surface area contributed by atoms with Crippen LogP contribution in [-0.4, -0.2) is 124 Å². The van der Waals surface area contributed by atoms with E-state index in [1.165, 1.54) is 82.5 Å². The maximum absolute atomic E-state index is 12.5. The fourth-order valence-electron chi connectivity index (χ4n) is 16.5. The number of thiol groups is 1. The minimum atomic E-state index is -4.65. The number of aryl methyl sites for hydroxylation is 4. The fourth-order valence-corrected chi connectivity index (χ4v) is 20.4. The molecule has 0 spiro atoms. The Morgan fingerprint density at radius 1 is 0.495 bits per heavy atom. The molecule has 16 rings (SSSR count). The number of carbonyl (C=O) groups excluding carboxylic acids is 6. The first-order chi connectivity index (χ1) is 51.3. The number of fused-ring (bicyclic) bond motifs is 2. The zero-order valence-electron chi connectivity index (χ0n) is 63.5. The smallest absolute Gasteiger partial charge is 0.773 e. The molecule has 6 aromatic rings. The third-order valence-electron chi connectivity index (χ3n) is 21.3. The summed E-state index contributed by atoms with van der Waals surface area (Å²) in [6.45, 7) is 12.7. The molecule has 6 aromatic carbocycles. The molecule has 109 heavy (non-hydrogen) atoms. The number of hydrogen-bond acceptors (Lipinski definition) is 20. The van der Waals surface area contributed by atoms with E-state index in [1.54, 1.807) is 0 Å². The van der Waals surface area contributed by atoms with E-state index in [4.69, 9.17) is 37.2 Å². The summed E-state index contributed by atoms with van der Waals surface area (Å²) >= 11 is -0.579. The third-order valence-corrected chi connectivity index (χ3v) is 25.8. The molecule has 10 fully saturated rings. The van der Waals surface area contributed by atoms with Crippen LogP contribution in [0.15, 0.2) is 176 Å². The molecular weight excluding hydrogens is 1500 g/mol. The molecule has 11 atom stereocenters. The first-order valence-corrected chi connectivity index (χ1v) is 44.0. The van der Waals surface area contributed by atoms with Crippen molar-refractivity contribution in [1.29, 1.82) is 0 Å². The van der Waals surface area contributed by atoms with Crippen LogP contribution in [-0.2, 0) is 124 Å². The van der Waals surface area contributed by atoms with Crippen molar-refractivity contribution in [3.05, 3.63) is 185 Å². The molecule has 0 aromatic heterocycles. The summed E-state index contributed by atoms with van der Waals surface area (Å²) < 4.78 is 114. The Balaban J connectivity index is 0.000000173. The van der Waals surface area contributed by atoms with Crippen molar-refractivity contribution < 1.29 is 121 Å². The van der Waals surface area contributed by atoms with Gasteiger partial charge >= 0.3 is 65.4 Å². The SMILES string of the molecule is CS(=O)[O-].Cc1cc([S+](c2ccccc2)c2ccccc2)cc(C)c1CCC(=O)OC1(C)CCCC1.Cc1cccc(C)c1CCC(=O)OC1(C)CCCC1.O=C(CS(=O)(=O)[O-])OC1C2CC3CC(C2)C(=O)OC1C3.O=C(CS(=O)(=O)[O-])OC1C2CC3CC(C2)C(=O)OC1C3.[Na+].c1ccc([SH+]c2ccccc2)cc1. The monoisotopic (exact) mass is 1600 g/mol. The summed E-state index contributed by atoms with van der Waals surface area (Å²) in [4.78, 5) is 77.8. The van der Waals surface area contributed by atoms with E-state index in [0.717, 1.165) is 83.3 Å². The van der Waals surface area contributed by atoms with Crippen molar-refractivity contribution in [3.8, 4) is 0 Å². The van der Waals surface area contributed by atoms with Crippen LogP contribution in [0.5, 0.6) is 0 Å². The topological polar surface area (TPSA) is 312 Å². The Labute approximate surface area is 674 Å². The quantitative estimate of drug-likeness (QED) is 0.0138. The second-order valence-electron chi connectivity index (χ2n) is 30.1. The summed E-state index contributed by atoms with van der Waals surface area (Å²) in [5.41, 5.74) is 7.15. The van der Waals surface area contributed by atoms with Crippen molar-refractivity contribution in [2.45, 2.75) is 230 Å². The van der Waals surface area contributed by atoms with Gasteiger partial charge in [0.25, 0.3) is 0 Å². The third kappa shape index (κ3) is 27.5. The van der Waals surface area contributed by atoms with Crippen molar-refractivity contribution in [2.75, 3.05) is 17.8 Å². The number of hydrogen-bond donors (Lipinski definition) is 0. The van der Waals surface area contributed by atoms with E-state index < -0.39 is 79.2 Å². The van der Waals surface area contributed by atoms with Gasteiger partial charge in [0.15, 0.2) is 24.5 Å². The van der Waals surface area contributed by atoms with Gasteiger partial charge in [-0.3, -0.25) is 33.0 Å². The molecule has 584 valence electrons. The van der Waals surface area contributed by atoms with Gasteiger partial charge in [0.2, 0.25) is 0 Å². The second-order valence-corrected chi connectivity index (χ2v) is 37.0. The largest absolute Gasteiger partial charge is 1.00 e. The van der Waals surface area contributed by atoms with E-state index in [0.29, 0.717) is 50.4 Å². The van der Waals surface area contributed by atoms with Crippen LogP contribution in [0.25, 0.3) is 0 Å². The maximum Gasteiger partial charge on any atom is 1.00 e. The molecule has 0 radical (unpaired) electrons. The minimum Gasteiger partial charge on any atom is -0.773 e. The van der Waals surface area contributed by atoms with Gasteiger partial charge in [-0.2, -0.15) is 0 Å². The molecule has 6 saturated carbocycles. The van der Waals surface area contributed by atoms with E-state index in [-0.39, 0.29) is 99.2 Å². The molecule has 4 aliphatic heterocycles. The maximum atomic E-state index is 12.5. The van der Waals surface area contributed by atoms with Crippen LogP contribution in [0.3, 0.4) is 0 Å². The Bertz CT molecular complexity index is 4070. The standard InChI is InChI=1S/C29H33O2S.C17H24O2.2C12H16O7S.C12H10S.CH4O2S.Na/c1-22-20-26(32(24-12-6-4-7-13-24)25-14-8-5-9-15-25)21-23(2)27(22)16-17-28(30)31-29(3)18-10-11-19-29;1-13-7-6-8-14(2)15(13)9-10-16(18)19-17(3)11-4-5-12-17;2*13-10(5-20(15,16)17)19-11-7-1-6-2-8(4-7)12(14)18-9(11)3-6;1-3-7-11(8-4-1)13-12-9-5-2-6-10-12;1-4(2)3;/h4-9,12-15,20-21H,10-11,16-19H2,1-3H3;6-8H,4-5,9-12H2,1-3H3;2*6-9,11H,1-5H2,(H,15,16,17);1-10H;1H3,(H,2,3);/q+1;;;;;;+1/p-2. The second kappa shape index (κ2) is 41.0. The van der Waals surface area contributed by atoms with Gasteiger partial charge in [-0.15, -0.1) is 0 Å². The number of carbonyl (C=O) groups is 6. The number of benzene rings is 6. The average Bonchev–Trinajstić information content (AvgIpc) is 1.60. The van der Waals surface area contributed by atoms with E-state index in [2.05, 4.69) is 181 Å². The minimum absolute atomic E-state index is 0. The molecule has 0 amide bonds. The van der Waals surface area contributed by atoms with E-state index in [9.17, 15) is 54.7 Å². The van der Waals surface area contributed by atoms with Gasteiger partial charge in [0.1, 0.15) is 67.4 Å². The van der Waals surface area contributed by atoms with Crippen molar-refractivity contribution in [1.82, 2.24) is 0 Å². The molecule has 20 nitrogen and oxygen atoms in total. The van der Waals surface area contributed by atoms with Gasteiger partial charge in [-0.25, -0.2) is 16.8 Å². The number of rotatable bonds is 19. The molecule has 4 saturated heterocycles. The Morgan fingerprint density at radius 2 is 0.835 bits per heavy atom. The van der Waals surface area contributed by atoms with Crippen molar-refractivity contribution in [3.63, 3.8) is 0 Å². The summed E-state index contributed by atoms with van der Waals surface area (Å²) in [5.74, 6) is -4.56. The summed E-state index contributed by atoms with van der Waals surface area (Å²) in [5, 5.41) is 0. The first-order valence-electron chi connectivity index (χ1n) is 37.2. The Morgan fingerprint density at radius 3 is 1.18 bits per heavy atom. The molecule has 10 aliphatic rings. The fraction of sp³-hybridized carbons (Fsp3) is 0.494. The molecule has 0 N–H and O–H groups in total. The van der Waals surface area contributed by atoms with Gasteiger partial charge < -0.3 is 42.1 Å². The Hall–Kier alpha value is -6.23. The molecular formula is C83H101NaO20S5. The Kier molecular flexibility index (Phi) is 33.2. The van der Waals surface area contributed by atoms with Crippen LogP contribution in [0.4, 0.5) is 0 Å². The zero-order chi connectivity index (χ0) is 77.9. The van der Waals surface area contributed by atoms with Gasteiger partial charge in [-0.1, -0.05) is 102 Å². The van der Waals surface area contributed by atoms with E-state index >= 15 is 0 Å². The summed E-state index contributed by atoms with van der Waals surface area (Å²) in [6.07, 6.45) is 15.8. The van der Waals surface area contributed by atoms with Crippen LogP contribution >= 0.6 is 0 Å². The predicted octanol–water partition coefficient (Wildman–Crippen LogP) is 10.3. The molecule has 11 unspecified atom stereocenters. The predicted molar refractivity (Wildman–Crippen MR) is 409 cm³/mol. The first kappa shape index (κ1) is 88.3. The zero-order valence-corrected chi connectivity index (χ0v) is 69.7. The molecule has 6 aliphatic carbocycles. The van der Waals surface area contributed by atoms with Crippen LogP contribution < -0.4 is 29.6 Å². The van der Waals surface area contributed by atoms with Crippen LogP contribution in [0.1, 0.15) is 163 Å². The van der Waals surface area contributed by atoms with E-state index in [1.807, 2.05) is 12.1 Å². The van der Waals surface area contributed by atoms with Gasteiger partial charge in [0, 0.05) is 36.4 Å². The average molecular weight is 1600 g/mol. The van der Waals surface area contributed by atoms with Gasteiger partial charge in [-0.05, 0) is 269 Å². The number of esters is 6. The van der Waals surface area contributed by atoms with Gasteiger partial charge in [0.05, 0.1) is 22.7 Å². The van der Waals surface area contributed by atoms with Crippen molar-refractivity contribution in [2.24, 2.45) is 35.5 Å². The van der Waals surface area contributed by atoms with Crippen LogP contribution in [0, 0.1) is 63.2 Å². The number of ether oxygens (including phenoxy) is 6. The molecule has 4 heterocycles. The van der Waals surface area contributed by atoms with Crippen LogP contribution in [0.2, 0.25) is 0 Å². The summed E-state index contributed by atoms with van der Waals surface area (Å²) in [6, 6.07) is 53.3. The molecule has 8 bridgehead atoms. The molecule has 26 heteroatoms.